The highest BCUT2D eigenvalue weighted by Crippen LogP contribution is 2.21. The summed E-state index contributed by atoms with van der Waals surface area (Å²) < 4.78 is 5.75. The number of rotatable bonds is 8. The minimum atomic E-state index is -0.615. The predicted molar refractivity (Wildman–Crippen MR) is 113 cm³/mol. The molecule has 0 saturated heterocycles. The molecule has 0 aliphatic carbocycles. The first-order valence-corrected chi connectivity index (χ1v) is 9.27. The van der Waals surface area contributed by atoms with Gasteiger partial charge in [-0.05, 0) is 34.9 Å². The molecule has 4 N–H and O–H groups in total. The first-order valence-electron chi connectivity index (χ1n) is 9.27. The molecule has 0 unspecified atom stereocenters. The van der Waals surface area contributed by atoms with E-state index >= 15 is 0 Å². The van der Waals surface area contributed by atoms with Gasteiger partial charge in [-0.2, -0.15) is 0 Å². The van der Waals surface area contributed by atoms with Crippen molar-refractivity contribution in [3.05, 3.63) is 95.6 Å². The molecular formula is C23H23N3O3. The van der Waals surface area contributed by atoms with Gasteiger partial charge in [-0.15, -0.1) is 0 Å². The molecule has 0 heterocycles. The fourth-order valence-electron chi connectivity index (χ4n) is 2.85. The minimum Gasteiger partial charge on any atom is -0.483 e. The molecule has 0 radical (unpaired) electrons. The molecule has 0 bridgehead atoms. The van der Waals surface area contributed by atoms with Crippen LogP contribution in [0.25, 0.3) is 0 Å². The van der Waals surface area contributed by atoms with Crippen LogP contribution in [0.4, 0.5) is 10.5 Å². The van der Waals surface area contributed by atoms with Crippen LogP contribution in [0, 0.1) is 0 Å². The van der Waals surface area contributed by atoms with Crippen molar-refractivity contribution in [3.8, 4) is 5.75 Å². The van der Waals surface area contributed by atoms with E-state index in [1.807, 2.05) is 54.6 Å². The first kappa shape index (κ1) is 19.9. The van der Waals surface area contributed by atoms with Crippen molar-refractivity contribution >= 4 is 17.6 Å². The van der Waals surface area contributed by atoms with Gasteiger partial charge in [0.15, 0.2) is 6.61 Å². The van der Waals surface area contributed by atoms with Crippen molar-refractivity contribution in [3.63, 3.8) is 0 Å². The summed E-state index contributed by atoms with van der Waals surface area (Å²) in [6.07, 6.45) is 0.740. The lowest BCUT2D eigenvalue weighted by Crippen LogP contribution is -2.28. The van der Waals surface area contributed by atoms with Crippen molar-refractivity contribution in [2.45, 2.75) is 13.0 Å². The molecule has 6 nitrogen and oxygen atoms in total. The summed E-state index contributed by atoms with van der Waals surface area (Å²) in [6.45, 7) is 0.303. The van der Waals surface area contributed by atoms with E-state index in [9.17, 15) is 9.59 Å². The lowest BCUT2D eigenvalue weighted by atomic mass is 10.0. The highest BCUT2D eigenvalue weighted by Gasteiger charge is 2.08. The maximum absolute atomic E-state index is 12.2. The Labute approximate surface area is 169 Å². The summed E-state index contributed by atoms with van der Waals surface area (Å²) in [6, 6.07) is 24.3. The number of carbonyl (C=O) groups is 2. The Hall–Kier alpha value is -3.80. The summed E-state index contributed by atoms with van der Waals surface area (Å²) in [4.78, 5) is 23.0. The second-order valence-corrected chi connectivity index (χ2v) is 6.52. The predicted octanol–water partition coefficient (Wildman–Crippen LogP) is 3.46. The smallest absolute Gasteiger partial charge is 0.316 e. The molecule has 3 amide bonds. The van der Waals surface area contributed by atoms with Crippen molar-refractivity contribution in [2.24, 2.45) is 5.73 Å². The molecule has 0 atom stereocenters. The van der Waals surface area contributed by atoms with Gasteiger partial charge in [0.1, 0.15) is 5.75 Å². The van der Waals surface area contributed by atoms with E-state index in [0.717, 1.165) is 17.5 Å². The monoisotopic (exact) mass is 389 g/mol. The standard InChI is InChI=1S/C23H23N3O3/c24-23(28)26-20-12-10-18(11-13-20)15-25-22(27)16-29-21-9-5-4-8-19(21)14-17-6-2-1-3-7-17/h1-13H,14-16H2,(H,25,27)(H3,24,26,28). The molecule has 0 aromatic heterocycles. The molecule has 148 valence electrons. The van der Waals surface area contributed by atoms with E-state index < -0.39 is 6.03 Å². The highest BCUT2D eigenvalue weighted by molar-refractivity contribution is 5.87. The average Bonchev–Trinajstić information content (AvgIpc) is 2.73. The van der Waals surface area contributed by atoms with Crippen molar-refractivity contribution in [1.82, 2.24) is 5.32 Å². The number of amides is 3. The summed E-state index contributed by atoms with van der Waals surface area (Å²) in [5.41, 5.74) is 8.79. The number of hydrogen-bond acceptors (Lipinski definition) is 3. The van der Waals surface area contributed by atoms with Crippen LogP contribution in [-0.4, -0.2) is 18.5 Å². The van der Waals surface area contributed by atoms with Gasteiger partial charge in [0.2, 0.25) is 0 Å². The lowest BCUT2D eigenvalue weighted by molar-refractivity contribution is -0.123. The molecule has 3 aromatic rings. The van der Waals surface area contributed by atoms with Gasteiger partial charge < -0.3 is 21.1 Å². The number of primary amides is 1. The molecule has 3 rings (SSSR count). The summed E-state index contributed by atoms with van der Waals surface area (Å²) in [7, 11) is 0. The van der Waals surface area contributed by atoms with Crippen LogP contribution in [0.2, 0.25) is 0 Å². The molecule has 0 fully saturated rings. The number of nitrogens with one attached hydrogen (secondary N) is 2. The number of ether oxygens (including phenoxy) is 1. The quantitative estimate of drug-likeness (QED) is 0.551. The van der Waals surface area contributed by atoms with Crippen LogP contribution in [-0.2, 0) is 17.8 Å². The van der Waals surface area contributed by atoms with E-state index in [2.05, 4.69) is 22.8 Å². The van der Waals surface area contributed by atoms with Gasteiger partial charge in [0.25, 0.3) is 5.91 Å². The van der Waals surface area contributed by atoms with E-state index in [-0.39, 0.29) is 12.5 Å². The highest BCUT2D eigenvalue weighted by atomic mass is 16.5. The molecule has 0 aliphatic heterocycles. The molecule has 0 aliphatic rings. The van der Waals surface area contributed by atoms with Crippen molar-refractivity contribution < 1.29 is 14.3 Å². The molecular weight excluding hydrogens is 366 g/mol. The number of urea groups is 1. The molecule has 0 saturated carbocycles. The van der Waals surface area contributed by atoms with Gasteiger partial charge >= 0.3 is 6.03 Å². The second-order valence-electron chi connectivity index (χ2n) is 6.52. The van der Waals surface area contributed by atoms with Gasteiger partial charge in [0, 0.05) is 18.7 Å². The third-order valence-corrected chi connectivity index (χ3v) is 4.28. The number of anilines is 1. The zero-order valence-corrected chi connectivity index (χ0v) is 15.9. The maximum Gasteiger partial charge on any atom is 0.316 e. The van der Waals surface area contributed by atoms with E-state index in [0.29, 0.717) is 18.0 Å². The maximum atomic E-state index is 12.2. The van der Waals surface area contributed by atoms with Crippen LogP contribution < -0.4 is 21.1 Å². The summed E-state index contributed by atoms with van der Waals surface area (Å²) in [5.74, 6) is 0.493. The lowest BCUT2D eigenvalue weighted by Gasteiger charge is -2.12. The van der Waals surface area contributed by atoms with E-state index in [1.54, 1.807) is 12.1 Å². The van der Waals surface area contributed by atoms with Crippen LogP contribution in [0.3, 0.4) is 0 Å². The number of para-hydroxylation sites is 1. The molecule has 29 heavy (non-hydrogen) atoms. The molecule has 3 aromatic carbocycles. The Morgan fingerprint density at radius 3 is 2.24 bits per heavy atom. The zero-order valence-electron chi connectivity index (χ0n) is 15.9. The molecule has 6 heteroatoms. The van der Waals surface area contributed by atoms with Gasteiger partial charge in [-0.25, -0.2) is 4.79 Å². The summed E-state index contributed by atoms with van der Waals surface area (Å²) in [5, 5.41) is 5.31. The van der Waals surface area contributed by atoms with Crippen LogP contribution >= 0.6 is 0 Å². The van der Waals surface area contributed by atoms with Crippen molar-refractivity contribution in [2.75, 3.05) is 11.9 Å². The van der Waals surface area contributed by atoms with Gasteiger partial charge in [-0.3, -0.25) is 4.79 Å². The Morgan fingerprint density at radius 1 is 0.828 bits per heavy atom. The number of nitrogens with two attached hydrogens (primary N) is 1. The number of carbonyl (C=O) groups excluding carboxylic acids is 2. The van der Waals surface area contributed by atoms with Crippen molar-refractivity contribution in [1.29, 1.82) is 0 Å². The van der Waals surface area contributed by atoms with Gasteiger partial charge in [0.05, 0.1) is 0 Å². The average molecular weight is 389 g/mol. The van der Waals surface area contributed by atoms with Crippen LogP contribution in [0.15, 0.2) is 78.9 Å². The Kier molecular flexibility index (Phi) is 6.84. The van der Waals surface area contributed by atoms with Crippen LogP contribution in [0.5, 0.6) is 5.75 Å². The fraction of sp³-hybridized carbons (Fsp3) is 0.130. The summed E-state index contributed by atoms with van der Waals surface area (Å²) >= 11 is 0. The largest absolute Gasteiger partial charge is 0.483 e. The topological polar surface area (TPSA) is 93.5 Å². The third-order valence-electron chi connectivity index (χ3n) is 4.28. The third kappa shape index (κ3) is 6.39. The van der Waals surface area contributed by atoms with Gasteiger partial charge in [-0.1, -0.05) is 60.7 Å². The second kappa shape index (κ2) is 9.94. The Morgan fingerprint density at radius 2 is 1.52 bits per heavy atom. The zero-order chi connectivity index (χ0) is 20.5. The molecule has 0 spiro atoms. The number of hydrogen-bond donors (Lipinski definition) is 3. The van der Waals surface area contributed by atoms with Crippen LogP contribution in [0.1, 0.15) is 16.7 Å². The fourth-order valence-corrected chi connectivity index (χ4v) is 2.85. The minimum absolute atomic E-state index is 0.0624. The normalized spacial score (nSPS) is 10.2. The van der Waals surface area contributed by atoms with E-state index in [1.165, 1.54) is 5.56 Å². The Bertz CT molecular complexity index is 957. The first-order chi connectivity index (χ1) is 14.1. The SMILES string of the molecule is NC(=O)Nc1ccc(CNC(=O)COc2ccccc2Cc2ccccc2)cc1. The Balaban J connectivity index is 1.50. The number of benzene rings is 3. The van der Waals surface area contributed by atoms with E-state index in [4.69, 9.17) is 10.5 Å².